The summed E-state index contributed by atoms with van der Waals surface area (Å²) in [6.45, 7) is 3.68. The number of aliphatic hydroxyl groups excluding tert-OH is 1. The Morgan fingerprint density at radius 3 is 3.00 bits per heavy atom. The lowest BCUT2D eigenvalue weighted by molar-refractivity contribution is 0.166. The first-order valence-corrected chi connectivity index (χ1v) is 8.68. The summed E-state index contributed by atoms with van der Waals surface area (Å²) in [4.78, 5) is 2.65. The van der Waals surface area contributed by atoms with E-state index in [4.69, 9.17) is 14.6 Å². The van der Waals surface area contributed by atoms with Crippen LogP contribution in [0.5, 0.6) is 11.5 Å². The molecule has 128 valence electrons. The summed E-state index contributed by atoms with van der Waals surface area (Å²) in [5.74, 6) is 1.41. The molecule has 23 heavy (non-hydrogen) atoms. The van der Waals surface area contributed by atoms with Crippen LogP contribution in [0, 0.1) is 0 Å². The van der Waals surface area contributed by atoms with Crippen molar-refractivity contribution in [2.45, 2.75) is 44.3 Å². The molecule has 1 aromatic carbocycles. The molecule has 0 amide bonds. The van der Waals surface area contributed by atoms with Gasteiger partial charge in [0.15, 0.2) is 11.5 Å². The number of rotatable bonds is 7. The lowest BCUT2D eigenvalue weighted by Gasteiger charge is -2.35. The minimum Gasteiger partial charge on any atom is -0.493 e. The van der Waals surface area contributed by atoms with Crippen molar-refractivity contribution < 1.29 is 14.6 Å². The monoisotopic (exact) mass is 320 g/mol. The summed E-state index contributed by atoms with van der Waals surface area (Å²) in [6, 6.07) is 7.42. The highest BCUT2D eigenvalue weighted by Gasteiger charge is 2.31. The molecule has 0 bridgehead atoms. The van der Waals surface area contributed by atoms with E-state index < -0.39 is 0 Å². The highest BCUT2D eigenvalue weighted by atomic mass is 16.5. The zero-order chi connectivity index (χ0) is 16.1. The maximum atomic E-state index is 8.86. The fraction of sp³-hybridized carbons (Fsp3) is 0.667. The summed E-state index contributed by atoms with van der Waals surface area (Å²) in [5.41, 5.74) is 1.20. The topological polar surface area (TPSA) is 54.0 Å². The molecule has 2 heterocycles. The third-order valence-electron chi connectivity index (χ3n) is 4.99. The Hall–Kier alpha value is -1.30. The number of fused-ring (bicyclic) bond motifs is 1. The second-order valence-electron chi connectivity index (χ2n) is 6.49. The van der Waals surface area contributed by atoms with Gasteiger partial charge in [-0.3, -0.25) is 0 Å². The van der Waals surface area contributed by atoms with Crippen LogP contribution in [0.3, 0.4) is 0 Å². The number of piperidine rings is 1. The number of hydrogen-bond donors (Lipinski definition) is 2. The molecule has 1 aromatic rings. The molecule has 2 aliphatic rings. The van der Waals surface area contributed by atoms with Crippen molar-refractivity contribution in [1.29, 1.82) is 0 Å². The van der Waals surface area contributed by atoms with E-state index in [9.17, 15) is 0 Å². The standard InChI is InChI=1S/C18H28N2O3/c1-22-18-11-14(4-5-17(18)23-10-9-21)13-19-15-6-8-20-7-2-3-16(20)12-15/h4-5,11,15-16,19,21H,2-3,6-10,12-13H2,1H3. The number of benzene rings is 1. The van der Waals surface area contributed by atoms with Gasteiger partial charge in [-0.15, -0.1) is 0 Å². The zero-order valence-electron chi connectivity index (χ0n) is 14.0. The number of nitrogens with zero attached hydrogens (tertiary/aromatic N) is 1. The second-order valence-corrected chi connectivity index (χ2v) is 6.49. The van der Waals surface area contributed by atoms with Crippen molar-refractivity contribution in [3.05, 3.63) is 23.8 Å². The van der Waals surface area contributed by atoms with Gasteiger partial charge >= 0.3 is 0 Å². The van der Waals surface area contributed by atoms with Gasteiger partial charge in [0.2, 0.25) is 0 Å². The zero-order valence-corrected chi connectivity index (χ0v) is 14.0. The molecule has 2 fully saturated rings. The van der Waals surface area contributed by atoms with Crippen LogP contribution in [0.4, 0.5) is 0 Å². The van der Waals surface area contributed by atoms with Crippen molar-refractivity contribution >= 4 is 0 Å². The first-order valence-electron chi connectivity index (χ1n) is 8.68. The molecule has 2 N–H and O–H groups in total. The molecular formula is C18H28N2O3. The average Bonchev–Trinajstić information content (AvgIpc) is 3.06. The summed E-state index contributed by atoms with van der Waals surface area (Å²) in [5, 5.41) is 12.6. The van der Waals surface area contributed by atoms with Crippen LogP contribution in [0.25, 0.3) is 0 Å². The highest BCUT2D eigenvalue weighted by Crippen LogP contribution is 2.29. The Balaban J connectivity index is 1.53. The molecule has 5 heteroatoms. The van der Waals surface area contributed by atoms with Gasteiger partial charge in [0.25, 0.3) is 0 Å². The molecule has 0 spiro atoms. The van der Waals surface area contributed by atoms with Gasteiger partial charge < -0.3 is 24.8 Å². The van der Waals surface area contributed by atoms with Crippen LogP contribution < -0.4 is 14.8 Å². The second kappa shape index (κ2) is 7.99. The van der Waals surface area contributed by atoms with E-state index in [1.54, 1.807) is 7.11 Å². The molecule has 0 saturated carbocycles. The van der Waals surface area contributed by atoms with Gasteiger partial charge in [-0.1, -0.05) is 6.07 Å². The van der Waals surface area contributed by atoms with Gasteiger partial charge in [0.05, 0.1) is 13.7 Å². The fourth-order valence-corrected chi connectivity index (χ4v) is 3.77. The van der Waals surface area contributed by atoms with Gasteiger partial charge in [-0.25, -0.2) is 0 Å². The predicted molar refractivity (Wildman–Crippen MR) is 90.0 cm³/mol. The van der Waals surface area contributed by atoms with Crippen molar-refractivity contribution in [2.24, 2.45) is 0 Å². The molecule has 5 nitrogen and oxygen atoms in total. The predicted octanol–water partition coefficient (Wildman–Crippen LogP) is 1.78. The van der Waals surface area contributed by atoms with Crippen LogP contribution in [0.15, 0.2) is 18.2 Å². The SMILES string of the molecule is COc1cc(CNC2CCN3CCCC3C2)ccc1OCCO. The van der Waals surface area contributed by atoms with Crippen molar-refractivity contribution in [2.75, 3.05) is 33.4 Å². The lowest BCUT2D eigenvalue weighted by atomic mass is 9.97. The normalized spacial score (nSPS) is 24.4. The number of methoxy groups -OCH3 is 1. The number of ether oxygens (including phenoxy) is 2. The van der Waals surface area contributed by atoms with Crippen LogP contribution in [0.1, 0.15) is 31.2 Å². The number of hydrogen-bond acceptors (Lipinski definition) is 5. The van der Waals surface area contributed by atoms with Crippen molar-refractivity contribution in [3.63, 3.8) is 0 Å². The largest absolute Gasteiger partial charge is 0.493 e. The third-order valence-corrected chi connectivity index (χ3v) is 4.99. The minimum absolute atomic E-state index is 0.00628. The molecule has 2 unspecified atom stereocenters. The summed E-state index contributed by atoms with van der Waals surface area (Å²) in [7, 11) is 1.65. The Labute approximate surface area is 138 Å². The highest BCUT2D eigenvalue weighted by molar-refractivity contribution is 5.43. The molecule has 0 radical (unpaired) electrons. The number of nitrogens with one attached hydrogen (secondary N) is 1. The molecule has 2 aliphatic heterocycles. The van der Waals surface area contributed by atoms with Gasteiger partial charge in [-0.2, -0.15) is 0 Å². The Morgan fingerprint density at radius 2 is 2.17 bits per heavy atom. The minimum atomic E-state index is 0.00628. The summed E-state index contributed by atoms with van der Waals surface area (Å²) < 4.78 is 10.9. The lowest BCUT2D eigenvalue weighted by Crippen LogP contribution is -2.45. The Morgan fingerprint density at radius 1 is 1.26 bits per heavy atom. The summed E-state index contributed by atoms with van der Waals surface area (Å²) >= 11 is 0. The molecule has 0 aliphatic carbocycles. The molecule has 2 atom stereocenters. The van der Waals surface area contributed by atoms with E-state index in [1.165, 1.54) is 44.3 Å². The van der Waals surface area contributed by atoms with Gasteiger partial charge in [0, 0.05) is 18.6 Å². The Kier molecular flexibility index (Phi) is 5.75. The van der Waals surface area contributed by atoms with E-state index in [1.807, 2.05) is 12.1 Å². The van der Waals surface area contributed by atoms with E-state index in [2.05, 4.69) is 16.3 Å². The van der Waals surface area contributed by atoms with Crippen LogP contribution >= 0.6 is 0 Å². The average molecular weight is 320 g/mol. The van der Waals surface area contributed by atoms with E-state index in [0.29, 0.717) is 11.8 Å². The van der Waals surface area contributed by atoms with Gasteiger partial charge in [0.1, 0.15) is 6.61 Å². The van der Waals surface area contributed by atoms with Crippen molar-refractivity contribution in [3.8, 4) is 11.5 Å². The quantitative estimate of drug-likeness (QED) is 0.802. The van der Waals surface area contributed by atoms with E-state index in [-0.39, 0.29) is 13.2 Å². The maximum absolute atomic E-state index is 8.86. The van der Waals surface area contributed by atoms with Crippen LogP contribution in [-0.2, 0) is 6.54 Å². The smallest absolute Gasteiger partial charge is 0.161 e. The Bertz CT molecular complexity index is 509. The first-order chi connectivity index (χ1) is 11.3. The van der Waals surface area contributed by atoms with Gasteiger partial charge in [-0.05, 0) is 56.5 Å². The van der Waals surface area contributed by atoms with E-state index >= 15 is 0 Å². The third kappa shape index (κ3) is 4.16. The molecule has 3 rings (SSSR count). The molecule has 0 aromatic heterocycles. The van der Waals surface area contributed by atoms with Crippen LogP contribution in [0.2, 0.25) is 0 Å². The number of aliphatic hydroxyl groups is 1. The molecule has 2 saturated heterocycles. The molecular weight excluding hydrogens is 292 g/mol. The van der Waals surface area contributed by atoms with Crippen molar-refractivity contribution in [1.82, 2.24) is 10.2 Å². The summed E-state index contributed by atoms with van der Waals surface area (Å²) in [6.07, 6.45) is 5.24. The first kappa shape index (κ1) is 16.6. The maximum Gasteiger partial charge on any atom is 0.161 e. The fourth-order valence-electron chi connectivity index (χ4n) is 3.77. The van der Waals surface area contributed by atoms with Crippen LogP contribution in [-0.4, -0.2) is 55.5 Å². The van der Waals surface area contributed by atoms with E-state index in [0.717, 1.165) is 18.3 Å².